The van der Waals surface area contributed by atoms with Gasteiger partial charge in [0, 0.05) is 39.1 Å². The SMILES string of the molecule is CCOC(=O)C1CCCN(S(=O)(=O)NCc2ccccc2-c2ccc(CN3CCCC3=O)cc2)C1. The lowest BCUT2D eigenvalue weighted by atomic mass is 9.98. The molecule has 188 valence electrons. The topological polar surface area (TPSA) is 96.0 Å². The highest BCUT2D eigenvalue weighted by Gasteiger charge is 2.33. The zero-order valence-corrected chi connectivity index (χ0v) is 20.9. The fourth-order valence-electron chi connectivity index (χ4n) is 4.71. The number of piperidine rings is 1. The molecule has 1 N–H and O–H groups in total. The quantitative estimate of drug-likeness (QED) is 0.535. The molecule has 2 aliphatic heterocycles. The highest BCUT2D eigenvalue weighted by atomic mass is 32.2. The van der Waals surface area contributed by atoms with E-state index in [1.165, 1.54) is 4.31 Å². The van der Waals surface area contributed by atoms with E-state index in [-0.39, 0.29) is 31.6 Å². The zero-order chi connectivity index (χ0) is 24.8. The normalized spacial score (nSPS) is 19.2. The third-order valence-electron chi connectivity index (χ3n) is 6.62. The lowest BCUT2D eigenvalue weighted by molar-refractivity contribution is -0.149. The number of rotatable bonds is 9. The molecular formula is C26H33N3O5S. The molecule has 35 heavy (non-hydrogen) atoms. The first-order valence-corrected chi connectivity index (χ1v) is 13.7. The molecular weight excluding hydrogens is 466 g/mol. The van der Waals surface area contributed by atoms with E-state index in [4.69, 9.17) is 4.74 Å². The van der Waals surface area contributed by atoms with Crippen molar-refractivity contribution in [1.29, 1.82) is 0 Å². The Morgan fingerprint density at radius 3 is 2.57 bits per heavy atom. The van der Waals surface area contributed by atoms with E-state index in [0.717, 1.165) is 35.2 Å². The molecule has 0 spiro atoms. The van der Waals surface area contributed by atoms with Crippen molar-refractivity contribution in [3.63, 3.8) is 0 Å². The summed E-state index contributed by atoms with van der Waals surface area (Å²) in [5.41, 5.74) is 3.86. The van der Waals surface area contributed by atoms with E-state index in [9.17, 15) is 18.0 Å². The smallest absolute Gasteiger partial charge is 0.310 e. The molecule has 4 rings (SSSR count). The maximum atomic E-state index is 13.0. The van der Waals surface area contributed by atoms with Crippen molar-refractivity contribution in [3.05, 3.63) is 59.7 Å². The van der Waals surface area contributed by atoms with Gasteiger partial charge in [-0.25, -0.2) is 0 Å². The Balaban J connectivity index is 1.42. The van der Waals surface area contributed by atoms with Gasteiger partial charge in [-0.3, -0.25) is 9.59 Å². The van der Waals surface area contributed by atoms with Crippen molar-refractivity contribution >= 4 is 22.1 Å². The number of hydrogen-bond donors (Lipinski definition) is 1. The second kappa shape index (κ2) is 11.3. The van der Waals surface area contributed by atoms with Crippen LogP contribution in [0.3, 0.4) is 0 Å². The summed E-state index contributed by atoms with van der Waals surface area (Å²) in [6, 6.07) is 15.8. The number of amides is 1. The molecule has 1 atom stereocenters. The Bertz CT molecular complexity index is 1150. The molecule has 0 radical (unpaired) electrons. The summed E-state index contributed by atoms with van der Waals surface area (Å²) in [5.74, 6) is -0.564. The van der Waals surface area contributed by atoms with Crippen LogP contribution >= 0.6 is 0 Å². The van der Waals surface area contributed by atoms with Crippen molar-refractivity contribution in [2.24, 2.45) is 5.92 Å². The second-order valence-corrected chi connectivity index (χ2v) is 10.8. The number of likely N-dealkylation sites (tertiary alicyclic amines) is 1. The summed E-state index contributed by atoms with van der Waals surface area (Å²) >= 11 is 0. The first kappa shape index (κ1) is 25.3. The van der Waals surface area contributed by atoms with Crippen molar-refractivity contribution in [3.8, 4) is 11.1 Å². The molecule has 2 saturated heterocycles. The standard InChI is InChI=1S/C26H33N3O5S/c1-2-34-26(31)23-8-5-16-29(19-23)35(32,33)27-17-22-7-3-4-9-24(22)21-13-11-20(12-14-21)18-28-15-6-10-25(28)30/h3-4,7,9,11-14,23,27H,2,5-6,8,10,15-19H2,1H3. The first-order chi connectivity index (χ1) is 16.9. The van der Waals surface area contributed by atoms with Crippen LogP contribution in [0.15, 0.2) is 48.5 Å². The maximum Gasteiger partial charge on any atom is 0.310 e. The number of carbonyl (C=O) groups is 2. The molecule has 0 aromatic heterocycles. The molecule has 0 aliphatic carbocycles. The molecule has 1 unspecified atom stereocenters. The van der Waals surface area contributed by atoms with Gasteiger partial charge in [0.2, 0.25) is 5.91 Å². The maximum absolute atomic E-state index is 13.0. The van der Waals surface area contributed by atoms with E-state index < -0.39 is 16.1 Å². The molecule has 0 saturated carbocycles. The Labute approximate surface area is 207 Å². The molecule has 2 heterocycles. The van der Waals surface area contributed by atoms with Crippen molar-refractivity contribution in [2.75, 3.05) is 26.2 Å². The van der Waals surface area contributed by atoms with Gasteiger partial charge < -0.3 is 9.64 Å². The third-order valence-corrected chi connectivity index (χ3v) is 8.14. The molecule has 0 bridgehead atoms. The summed E-state index contributed by atoms with van der Waals surface area (Å²) in [7, 11) is -3.75. The van der Waals surface area contributed by atoms with Crippen molar-refractivity contribution in [2.45, 2.75) is 45.7 Å². The Morgan fingerprint density at radius 1 is 1.09 bits per heavy atom. The average molecular weight is 500 g/mol. The van der Waals surface area contributed by atoms with Crippen LogP contribution < -0.4 is 4.72 Å². The van der Waals surface area contributed by atoms with Gasteiger partial charge in [-0.15, -0.1) is 0 Å². The Hall–Kier alpha value is -2.75. The van der Waals surface area contributed by atoms with Crippen LogP contribution in [0.4, 0.5) is 0 Å². The van der Waals surface area contributed by atoms with Gasteiger partial charge in [-0.2, -0.15) is 17.4 Å². The van der Waals surface area contributed by atoms with Crippen molar-refractivity contribution in [1.82, 2.24) is 13.9 Å². The van der Waals surface area contributed by atoms with E-state index >= 15 is 0 Å². The summed E-state index contributed by atoms with van der Waals surface area (Å²) in [4.78, 5) is 25.9. The summed E-state index contributed by atoms with van der Waals surface area (Å²) in [6.07, 6.45) is 2.80. The van der Waals surface area contributed by atoms with Gasteiger partial charge in [0.15, 0.2) is 0 Å². The van der Waals surface area contributed by atoms with E-state index in [0.29, 0.717) is 32.4 Å². The number of hydrogen-bond acceptors (Lipinski definition) is 5. The minimum absolute atomic E-state index is 0.136. The predicted octanol–water partition coefficient (Wildman–Crippen LogP) is 3.09. The fourth-order valence-corrected chi connectivity index (χ4v) is 5.98. The average Bonchev–Trinajstić information content (AvgIpc) is 3.28. The predicted molar refractivity (Wildman–Crippen MR) is 133 cm³/mol. The zero-order valence-electron chi connectivity index (χ0n) is 20.1. The lowest BCUT2D eigenvalue weighted by Crippen LogP contribution is -2.47. The largest absolute Gasteiger partial charge is 0.466 e. The van der Waals surface area contributed by atoms with Crippen LogP contribution in [0.5, 0.6) is 0 Å². The lowest BCUT2D eigenvalue weighted by Gasteiger charge is -2.30. The summed E-state index contributed by atoms with van der Waals surface area (Å²) < 4.78 is 35.1. The molecule has 2 aromatic carbocycles. The fraction of sp³-hybridized carbons (Fsp3) is 0.462. The number of nitrogens with one attached hydrogen (secondary N) is 1. The Kier molecular flexibility index (Phi) is 8.20. The second-order valence-electron chi connectivity index (χ2n) is 9.05. The van der Waals surface area contributed by atoms with Gasteiger partial charge in [0.25, 0.3) is 10.2 Å². The minimum Gasteiger partial charge on any atom is -0.466 e. The van der Waals surface area contributed by atoms with Crippen LogP contribution in [-0.4, -0.2) is 55.7 Å². The van der Waals surface area contributed by atoms with Crippen LogP contribution in [0.25, 0.3) is 11.1 Å². The molecule has 2 aromatic rings. The number of ether oxygens (including phenoxy) is 1. The van der Waals surface area contributed by atoms with Gasteiger partial charge >= 0.3 is 5.97 Å². The van der Waals surface area contributed by atoms with Gasteiger partial charge in [-0.05, 0) is 48.4 Å². The minimum atomic E-state index is -3.75. The van der Waals surface area contributed by atoms with E-state index in [1.807, 2.05) is 53.4 Å². The molecule has 8 nitrogen and oxygen atoms in total. The van der Waals surface area contributed by atoms with Gasteiger partial charge in [0.1, 0.15) is 0 Å². The van der Waals surface area contributed by atoms with Crippen LogP contribution in [0.2, 0.25) is 0 Å². The van der Waals surface area contributed by atoms with Crippen LogP contribution in [0.1, 0.15) is 43.7 Å². The number of carbonyl (C=O) groups excluding carboxylic acids is 2. The van der Waals surface area contributed by atoms with Gasteiger partial charge in [-0.1, -0.05) is 48.5 Å². The number of nitrogens with zero attached hydrogens (tertiary/aromatic N) is 2. The van der Waals surface area contributed by atoms with Crippen molar-refractivity contribution < 1.29 is 22.7 Å². The van der Waals surface area contributed by atoms with E-state index in [2.05, 4.69) is 4.72 Å². The van der Waals surface area contributed by atoms with Crippen LogP contribution in [-0.2, 0) is 37.6 Å². The van der Waals surface area contributed by atoms with E-state index in [1.54, 1.807) is 6.92 Å². The molecule has 2 fully saturated rings. The first-order valence-electron chi connectivity index (χ1n) is 12.2. The molecule has 2 aliphatic rings. The van der Waals surface area contributed by atoms with Crippen LogP contribution in [0, 0.1) is 5.92 Å². The van der Waals surface area contributed by atoms with Gasteiger partial charge in [0.05, 0.1) is 12.5 Å². The summed E-state index contributed by atoms with van der Waals surface area (Å²) in [5, 5.41) is 0. The third kappa shape index (κ3) is 6.28. The number of benzene rings is 2. The number of esters is 1. The Morgan fingerprint density at radius 2 is 1.86 bits per heavy atom. The highest BCUT2D eigenvalue weighted by molar-refractivity contribution is 7.87. The molecule has 9 heteroatoms. The highest BCUT2D eigenvalue weighted by Crippen LogP contribution is 2.26. The monoisotopic (exact) mass is 499 g/mol. The molecule has 1 amide bonds. The summed E-state index contributed by atoms with van der Waals surface area (Å²) in [6.45, 7) is 4.11.